The highest BCUT2D eigenvalue weighted by atomic mass is 127. The van der Waals surface area contributed by atoms with Gasteiger partial charge in [0.15, 0.2) is 5.96 Å². The van der Waals surface area contributed by atoms with Crippen LogP contribution in [-0.2, 0) is 6.54 Å². The predicted molar refractivity (Wildman–Crippen MR) is 101 cm³/mol. The van der Waals surface area contributed by atoms with Gasteiger partial charge in [-0.25, -0.2) is 4.98 Å². The molecule has 0 radical (unpaired) electrons. The van der Waals surface area contributed by atoms with Crippen molar-refractivity contribution >= 4 is 29.9 Å². The van der Waals surface area contributed by atoms with Crippen LogP contribution in [0.1, 0.15) is 33.3 Å². The molecule has 2 rings (SSSR count). The molecular weight excluding hydrogens is 391 g/mol. The van der Waals surface area contributed by atoms with Gasteiger partial charge in [0, 0.05) is 43.4 Å². The molecule has 0 aromatic carbocycles. The van der Waals surface area contributed by atoms with Crippen molar-refractivity contribution in [2.45, 2.75) is 39.8 Å². The Balaban J connectivity index is 0.00000242. The molecule has 124 valence electrons. The molecule has 5 nitrogen and oxygen atoms in total. The van der Waals surface area contributed by atoms with Crippen LogP contribution < -0.4 is 10.1 Å². The van der Waals surface area contributed by atoms with E-state index in [1.165, 1.54) is 0 Å². The van der Waals surface area contributed by atoms with Crippen LogP contribution in [0.5, 0.6) is 5.88 Å². The first kappa shape index (κ1) is 19.0. The number of guanidine groups is 1. The number of pyridine rings is 1. The molecule has 0 unspecified atom stereocenters. The van der Waals surface area contributed by atoms with Crippen molar-refractivity contribution in [3.8, 4) is 5.88 Å². The molecule has 0 atom stereocenters. The van der Waals surface area contributed by atoms with Crippen LogP contribution in [0.25, 0.3) is 0 Å². The highest BCUT2D eigenvalue weighted by Gasteiger charge is 2.53. The van der Waals surface area contributed by atoms with Gasteiger partial charge in [0.1, 0.15) is 0 Å². The summed E-state index contributed by atoms with van der Waals surface area (Å²) in [6.07, 6.45) is 1.76. The van der Waals surface area contributed by atoms with Crippen molar-refractivity contribution in [1.29, 1.82) is 0 Å². The van der Waals surface area contributed by atoms with Crippen LogP contribution in [0.15, 0.2) is 23.3 Å². The lowest BCUT2D eigenvalue weighted by molar-refractivity contribution is -0.0667. The number of methoxy groups -OCH3 is 1. The van der Waals surface area contributed by atoms with E-state index in [1.54, 1.807) is 13.3 Å². The van der Waals surface area contributed by atoms with Crippen molar-refractivity contribution < 1.29 is 4.74 Å². The lowest BCUT2D eigenvalue weighted by Gasteiger charge is -2.62. The van der Waals surface area contributed by atoms with Crippen molar-refractivity contribution in [2.75, 3.05) is 20.7 Å². The van der Waals surface area contributed by atoms with E-state index < -0.39 is 0 Å². The summed E-state index contributed by atoms with van der Waals surface area (Å²) in [4.78, 5) is 10.9. The first-order valence-electron chi connectivity index (χ1n) is 7.29. The molecule has 2 heterocycles. The van der Waals surface area contributed by atoms with Gasteiger partial charge in [0.2, 0.25) is 5.88 Å². The van der Waals surface area contributed by atoms with Crippen molar-refractivity contribution in [3.63, 3.8) is 0 Å². The van der Waals surface area contributed by atoms with Gasteiger partial charge in [-0.3, -0.25) is 4.99 Å². The molecular formula is C16H27IN4O. The molecule has 1 aromatic rings. The maximum absolute atomic E-state index is 5.15. The monoisotopic (exact) mass is 418 g/mol. The Labute approximate surface area is 150 Å². The molecule has 1 saturated heterocycles. The molecule has 22 heavy (non-hydrogen) atoms. The number of hydrogen-bond donors (Lipinski definition) is 1. The summed E-state index contributed by atoms with van der Waals surface area (Å²) in [5, 5.41) is 3.42. The topological polar surface area (TPSA) is 49.8 Å². The maximum atomic E-state index is 5.15. The molecule has 0 amide bonds. The highest BCUT2D eigenvalue weighted by Crippen LogP contribution is 2.46. The van der Waals surface area contributed by atoms with Gasteiger partial charge in [0.25, 0.3) is 0 Å². The number of ether oxygens (including phenoxy) is 1. The lowest BCUT2D eigenvalue weighted by Crippen LogP contribution is -2.72. The fourth-order valence-corrected chi connectivity index (χ4v) is 2.55. The summed E-state index contributed by atoms with van der Waals surface area (Å²) >= 11 is 0. The quantitative estimate of drug-likeness (QED) is 0.466. The fraction of sp³-hybridized carbons (Fsp3) is 0.625. The average Bonchev–Trinajstić information content (AvgIpc) is 2.47. The minimum absolute atomic E-state index is 0. The third-order valence-corrected chi connectivity index (χ3v) is 4.81. The van der Waals surface area contributed by atoms with Crippen LogP contribution in [-0.4, -0.2) is 42.1 Å². The van der Waals surface area contributed by atoms with Crippen molar-refractivity contribution in [2.24, 2.45) is 10.4 Å². The average molecular weight is 418 g/mol. The Hall–Kier alpha value is -1.05. The summed E-state index contributed by atoms with van der Waals surface area (Å²) in [5.74, 6) is 1.57. The Bertz CT molecular complexity index is 543. The van der Waals surface area contributed by atoms with Crippen molar-refractivity contribution in [1.82, 2.24) is 15.2 Å². The first-order valence-corrected chi connectivity index (χ1v) is 7.29. The Morgan fingerprint density at radius 2 is 2.09 bits per heavy atom. The number of aromatic nitrogens is 1. The molecule has 0 saturated carbocycles. The van der Waals surface area contributed by atoms with E-state index >= 15 is 0 Å². The van der Waals surface area contributed by atoms with Gasteiger partial charge < -0.3 is 15.0 Å². The van der Waals surface area contributed by atoms with Gasteiger partial charge in [0.05, 0.1) is 7.11 Å². The van der Waals surface area contributed by atoms with Gasteiger partial charge in [-0.05, 0) is 25.5 Å². The zero-order valence-electron chi connectivity index (χ0n) is 14.3. The molecule has 1 fully saturated rings. The van der Waals surface area contributed by atoms with Crippen LogP contribution in [0, 0.1) is 5.41 Å². The summed E-state index contributed by atoms with van der Waals surface area (Å²) < 4.78 is 5.15. The number of hydrogen-bond acceptors (Lipinski definition) is 3. The van der Waals surface area contributed by atoms with E-state index in [2.05, 4.69) is 47.9 Å². The summed E-state index contributed by atoms with van der Waals surface area (Å²) in [7, 11) is 3.46. The van der Waals surface area contributed by atoms with Crippen LogP contribution in [0.2, 0.25) is 0 Å². The van der Waals surface area contributed by atoms with Gasteiger partial charge in [-0.2, -0.15) is 0 Å². The van der Waals surface area contributed by atoms with E-state index in [-0.39, 0.29) is 29.5 Å². The van der Waals surface area contributed by atoms with E-state index in [4.69, 9.17) is 4.74 Å². The van der Waals surface area contributed by atoms with E-state index in [1.807, 2.05) is 19.2 Å². The molecule has 1 aliphatic heterocycles. The molecule has 1 aromatic heterocycles. The number of rotatable bonds is 3. The zero-order valence-corrected chi connectivity index (χ0v) is 16.6. The van der Waals surface area contributed by atoms with E-state index in [0.717, 1.165) is 18.1 Å². The Morgan fingerprint density at radius 1 is 1.41 bits per heavy atom. The predicted octanol–water partition coefficient (Wildman–Crippen LogP) is 2.90. The second kappa shape index (κ2) is 7.02. The molecule has 0 aliphatic carbocycles. The zero-order chi connectivity index (χ0) is 15.7. The number of halogens is 1. The van der Waals surface area contributed by atoms with Gasteiger partial charge in [-0.15, -0.1) is 24.0 Å². The fourth-order valence-electron chi connectivity index (χ4n) is 2.55. The second-order valence-corrected chi connectivity index (χ2v) is 6.64. The summed E-state index contributed by atoms with van der Waals surface area (Å²) in [5.41, 5.74) is 1.52. The molecule has 0 bridgehead atoms. The normalized spacial score (nSPS) is 19.0. The number of nitrogens with one attached hydrogen (secondary N) is 1. The van der Waals surface area contributed by atoms with Crippen LogP contribution >= 0.6 is 24.0 Å². The Morgan fingerprint density at radius 3 is 2.59 bits per heavy atom. The van der Waals surface area contributed by atoms with E-state index in [0.29, 0.717) is 17.8 Å². The molecule has 1 aliphatic rings. The third kappa shape index (κ3) is 3.47. The molecule has 0 spiro atoms. The smallest absolute Gasteiger partial charge is 0.213 e. The number of aliphatic imine (C=N–C) groups is 1. The lowest BCUT2D eigenvalue weighted by atomic mass is 9.65. The number of likely N-dealkylation sites (tertiary alicyclic amines) is 1. The maximum Gasteiger partial charge on any atom is 0.213 e. The molecule has 6 heteroatoms. The largest absolute Gasteiger partial charge is 0.481 e. The highest BCUT2D eigenvalue weighted by molar-refractivity contribution is 14.0. The minimum Gasteiger partial charge on any atom is -0.481 e. The molecule has 1 N–H and O–H groups in total. The first-order chi connectivity index (χ1) is 9.81. The van der Waals surface area contributed by atoms with Crippen LogP contribution in [0.4, 0.5) is 0 Å². The summed E-state index contributed by atoms with van der Waals surface area (Å²) in [6.45, 7) is 10.8. The minimum atomic E-state index is 0. The van der Waals surface area contributed by atoms with Crippen molar-refractivity contribution in [3.05, 3.63) is 23.9 Å². The van der Waals surface area contributed by atoms with Gasteiger partial charge >= 0.3 is 0 Å². The number of nitrogens with zero attached hydrogens (tertiary/aromatic N) is 3. The summed E-state index contributed by atoms with van der Waals surface area (Å²) in [6, 6.07) is 3.92. The van der Waals surface area contributed by atoms with Crippen LogP contribution in [0.3, 0.4) is 0 Å². The standard InChI is InChI=1S/C16H26N4O.HI/c1-15(2)11-20(16(15,3)4)14(17-5)19-10-12-7-8-18-13(9-12)21-6;/h7-9H,10-11H2,1-6H3,(H,17,19);1H. The second-order valence-electron chi connectivity index (χ2n) is 6.64. The SMILES string of the molecule is CN=C(NCc1ccnc(OC)c1)N1CC(C)(C)C1(C)C.I. The van der Waals surface area contributed by atoms with Gasteiger partial charge in [-0.1, -0.05) is 13.8 Å². The Kier molecular flexibility index (Phi) is 6.06. The third-order valence-electron chi connectivity index (χ3n) is 4.81. The van der Waals surface area contributed by atoms with E-state index in [9.17, 15) is 0 Å².